The van der Waals surface area contributed by atoms with Crippen molar-refractivity contribution in [3.8, 4) is 11.4 Å². The number of hydrogen-bond donors (Lipinski definition) is 1. The van der Waals surface area contributed by atoms with Crippen molar-refractivity contribution in [2.45, 2.75) is 19.9 Å². The minimum absolute atomic E-state index is 0.537. The second-order valence-corrected chi connectivity index (χ2v) is 5.04. The summed E-state index contributed by atoms with van der Waals surface area (Å²) in [5, 5.41) is 4.49. The van der Waals surface area contributed by atoms with Crippen molar-refractivity contribution in [2.24, 2.45) is 19.8 Å². The van der Waals surface area contributed by atoms with Crippen LogP contribution in [0.15, 0.2) is 24.4 Å². The lowest BCUT2D eigenvalue weighted by Crippen LogP contribution is -1.96. The van der Waals surface area contributed by atoms with E-state index in [9.17, 15) is 0 Å². The summed E-state index contributed by atoms with van der Waals surface area (Å²) in [7, 11) is 3.98. The molecule has 5 heteroatoms. The third kappa shape index (κ3) is 1.91. The first-order valence-electron chi connectivity index (χ1n) is 6.82. The number of imidazole rings is 1. The highest BCUT2D eigenvalue weighted by Gasteiger charge is 2.15. The summed E-state index contributed by atoms with van der Waals surface area (Å²) in [6.07, 6.45) is 2.93. The van der Waals surface area contributed by atoms with Gasteiger partial charge in [-0.1, -0.05) is 13.0 Å². The van der Waals surface area contributed by atoms with Crippen molar-refractivity contribution in [3.05, 3.63) is 35.7 Å². The van der Waals surface area contributed by atoms with Gasteiger partial charge in [0.05, 0.1) is 22.3 Å². The van der Waals surface area contributed by atoms with Gasteiger partial charge in [-0.05, 0) is 24.1 Å². The van der Waals surface area contributed by atoms with Crippen LogP contribution in [0, 0.1) is 0 Å². The van der Waals surface area contributed by atoms with Gasteiger partial charge >= 0.3 is 0 Å². The molecule has 0 aliphatic rings. The third-order valence-electron chi connectivity index (χ3n) is 3.66. The number of rotatable bonds is 3. The van der Waals surface area contributed by atoms with E-state index in [1.807, 2.05) is 25.0 Å². The van der Waals surface area contributed by atoms with Crippen molar-refractivity contribution >= 4 is 11.0 Å². The first kappa shape index (κ1) is 12.9. The molecule has 0 radical (unpaired) electrons. The van der Waals surface area contributed by atoms with Crippen LogP contribution in [0.5, 0.6) is 0 Å². The Bertz CT molecular complexity index is 766. The average Bonchev–Trinajstić information content (AvgIpc) is 2.98. The summed E-state index contributed by atoms with van der Waals surface area (Å²) in [6, 6.07) is 6.19. The van der Waals surface area contributed by atoms with Gasteiger partial charge in [0, 0.05) is 26.8 Å². The van der Waals surface area contributed by atoms with Gasteiger partial charge in [-0.3, -0.25) is 4.68 Å². The van der Waals surface area contributed by atoms with Crippen LogP contribution in [0.2, 0.25) is 0 Å². The molecule has 3 aromatic rings. The summed E-state index contributed by atoms with van der Waals surface area (Å²) in [5.74, 6) is 0.958. The van der Waals surface area contributed by atoms with Crippen LogP contribution in [0.25, 0.3) is 22.4 Å². The first-order chi connectivity index (χ1) is 9.63. The molecule has 0 fully saturated rings. The quantitative estimate of drug-likeness (QED) is 0.791. The van der Waals surface area contributed by atoms with Crippen LogP contribution in [-0.2, 0) is 27.1 Å². The lowest BCUT2D eigenvalue weighted by Gasteiger charge is -2.01. The molecule has 0 bridgehead atoms. The molecule has 1 aromatic carbocycles. The Labute approximate surface area is 118 Å². The molecular formula is C15H19N5. The average molecular weight is 269 g/mol. The van der Waals surface area contributed by atoms with Gasteiger partial charge in [0.25, 0.3) is 0 Å². The molecule has 0 unspecified atom stereocenters. The van der Waals surface area contributed by atoms with E-state index in [4.69, 9.17) is 10.7 Å². The zero-order valence-corrected chi connectivity index (χ0v) is 12.1. The fourth-order valence-corrected chi connectivity index (χ4v) is 2.60. The zero-order chi connectivity index (χ0) is 14.3. The van der Waals surface area contributed by atoms with E-state index < -0.39 is 0 Å². The smallest absolute Gasteiger partial charge is 0.144 e. The van der Waals surface area contributed by atoms with Gasteiger partial charge in [-0.2, -0.15) is 5.10 Å². The largest absolute Gasteiger partial charge is 0.327 e. The highest BCUT2D eigenvalue weighted by molar-refractivity contribution is 5.81. The minimum Gasteiger partial charge on any atom is -0.327 e. The molecule has 20 heavy (non-hydrogen) atoms. The molecule has 0 saturated carbocycles. The maximum atomic E-state index is 5.70. The SMILES string of the molecule is CCc1nn(C)cc1-c1nc2cc(CN)ccc2n1C. The van der Waals surface area contributed by atoms with Gasteiger partial charge < -0.3 is 10.3 Å². The van der Waals surface area contributed by atoms with Crippen molar-refractivity contribution in [3.63, 3.8) is 0 Å². The van der Waals surface area contributed by atoms with Crippen LogP contribution in [0.3, 0.4) is 0 Å². The van der Waals surface area contributed by atoms with Crippen LogP contribution in [0.4, 0.5) is 0 Å². The van der Waals surface area contributed by atoms with Crippen LogP contribution >= 0.6 is 0 Å². The number of aromatic nitrogens is 4. The molecule has 0 aliphatic carbocycles. The lowest BCUT2D eigenvalue weighted by molar-refractivity contribution is 0.746. The van der Waals surface area contributed by atoms with Crippen molar-refractivity contribution in [1.29, 1.82) is 0 Å². The Hall–Kier alpha value is -2.14. The molecule has 0 atom stereocenters. The first-order valence-corrected chi connectivity index (χ1v) is 6.82. The van der Waals surface area contributed by atoms with Crippen LogP contribution in [0.1, 0.15) is 18.2 Å². The maximum Gasteiger partial charge on any atom is 0.144 e. The normalized spacial score (nSPS) is 11.4. The Morgan fingerprint density at radius 3 is 2.75 bits per heavy atom. The van der Waals surface area contributed by atoms with Gasteiger partial charge in [-0.25, -0.2) is 4.98 Å². The van der Waals surface area contributed by atoms with E-state index in [-0.39, 0.29) is 0 Å². The third-order valence-corrected chi connectivity index (χ3v) is 3.66. The van der Waals surface area contributed by atoms with Gasteiger partial charge in [0.2, 0.25) is 0 Å². The number of aryl methyl sites for hydroxylation is 3. The van der Waals surface area contributed by atoms with Gasteiger partial charge in [0.1, 0.15) is 5.82 Å². The molecule has 5 nitrogen and oxygen atoms in total. The topological polar surface area (TPSA) is 61.7 Å². The Morgan fingerprint density at radius 2 is 2.05 bits per heavy atom. The van der Waals surface area contributed by atoms with Crippen LogP contribution in [-0.4, -0.2) is 19.3 Å². The Balaban J connectivity index is 2.23. The molecule has 104 valence electrons. The molecule has 0 amide bonds. The number of nitrogens with two attached hydrogens (primary N) is 1. The van der Waals surface area contributed by atoms with E-state index in [0.29, 0.717) is 6.54 Å². The van der Waals surface area contributed by atoms with Crippen molar-refractivity contribution < 1.29 is 0 Å². The number of fused-ring (bicyclic) bond motifs is 1. The zero-order valence-electron chi connectivity index (χ0n) is 12.1. The molecule has 2 heterocycles. The molecule has 0 spiro atoms. The fraction of sp³-hybridized carbons (Fsp3) is 0.333. The fourth-order valence-electron chi connectivity index (χ4n) is 2.60. The molecule has 2 N–H and O–H groups in total. The van der Waals surface area contributed by atoms with E-state index in [0.717, 1.165) is 40.1 Å². The number of hydrogen-bond acceptors (Lipinski definition) is 3. The predicted octanol–water partition coefficient (Wildman–Crippen LogP) is 1.99. The summed E-state index contributed by atoms with van der Waals surface area (Å²) in [4.78, 5) is 4.77. The highest BCUT2D eigenvalue weighted by Crippen LogP contribution is 2.26. The number of nitrogens with zero attached hydrogens (tertiary/aromatic N) is 4. The molecule has 0 aliphatic heterocycles. The molecule has 0 saturated heterocycles. The summed E-state index contributed by atoms with van der Waals surface area (Å²) < 4.78 is 3.96. The number of benzene rings is 1. The summed E-state index contributed by atoms with van der Waals surface area (Å²) >= 11 is 0. The second kappa shape index (κ2) is 4.76. The van der Waals surface area contributed by atoms with Gasteiger partial charge in [-0.15, -0.1) is 0 Å². The Morgan fingerprint density at radius 1 is 1.25 bits per heavy atom. The van der Waals surface area contributed by atoms with Crippen LogP contribution < -0.4 is 5.73 Å². The molecule has 3 rings (SSSR count). The van der Waals surface area contributed by atoms with Crippen molar-refractivity contribution in [1.82, 2.24) is 19.3 Å². The van der Waals surface area contributed by atoms with E-state index >= 15 is 0 Å². The Kier molecular flexibility index (Phi) is 3.06. The van der Waals surface area contributed by atoms with E-state index in [2.05, 4.69) is 34.8 Å². The highest BCUT2D eigenvalue weighted by atomic mass is 15.3. The maximum absolute atomic E-state index is 5.70. The lowest BCUT2D eigenvalue weighted by atomic mass is 10.2. The van der Waals surface area contributed by atoms with Gasteiger partial charge in [0.15, 0.2) is 0 Å². The summed E-state index contributed by atoms with van der Waals surface area (Å²) in [6.45, 7) is 2.65. The second-order valence-electron chi connectivity index (χ2n) is 5.04. The monoisotopic (exact) mass is 269 g/mol. The van der Waals surface area contributed by atoms with Crippen molar-refractivity contribution in [2.75, 3.05) is 0 Å². The molecule has 2 aromatic heterocycles. The minimum atomic E-state index is 0.537. The van der Waals surface area contributed by atoms with E-state index in [1.54, 1.807) is 0 Å². The standard InChI is InChI=1S/C15H19N5/c1-4-12-11(9-19(2)18-12)15-17-13-7-10(8-16)5-6-14(13)20(15)3/h5-7,9H,4,8,16H2,1-3H3. The van der Waals surface area contributed by atoms with E-state index in [1.165, 1.54) is 0 Å². The predicted molar refractivity (Wildman–Crippen MR) is 80.2 cm³/mol. The summed E-state index contributed by atoms with van der Waals surface area (Å²) in [5.41, 5.74) is 11.1. The molecular weight excluding hydrogens is 250 g/mol.